The summed E-state index contributed by atoms with van der Waals surface area (Å²) in [6.07, 6.45) is -0.237. The number of aryl methyl sites for hydroxylation is 1. The third kappa shape index (κ3) is 2.72. The van der Waals surface area contributed by atoms with Crippen molar-refractivity contribution in [1.82, 2.24) is 10.2 Å². The molecule has 0 N–H and O–H groups in total. The summed E-state index contributed by atoms with van der Waals surface area (Å²) in [5.41, 5.74) is 0. The lowest BCUT2D eigenvalue weighted by Crippen LogP contribution is -2.03. The summed E-state index contributed by atoms with van der Waals surface area (Å²) in [6.45, 7) is 3.64. The summed E-state index contributed by atoms with van der Waals surface area (Å²) in [5, 5.41) is 7.69. The van der Waals surface area contributed by atoms with E-state index in [4.69, 9.17) is 9.15 Å². The molecule has 0 saturated heterocycles. The van der Waals surface area contributed by atoms with Gasteiger partial charge in [0.1, 0.15) is 5.75 Å². The maximum absolute atomic E-state index is 5.69. The number of nitrogens with zero attached hydrogens (tertiary/aromatic N) is 2. The van der Waals surface area contributed by atoms with E-state index in [0.29, 0.717) is 11.8 Å². The van der Waals surface area contributed by atoms with Crippen LogP contribution in [0.1, 0.15) is 24.8 Å². The van der Waals surface area contributed by atoms with Crippen LogP contribution >= 0.6 is 22.6 Å². The van der Waals surface area contributed by atoms with Crippen molar-refractivity contribution < 1.29 is 9.15 Å². The van der Waals surface area contributed by atoms with Gasteiger partial charge in [0.15, 0.2) is 6.10 Å². The Kier molecular flexibility index (Phi) is 3.42. The summed E-state index contributed by atoms with van der Waals surface area (Å²) in [6, 6.07) is 7.82. The minimum atomic E-state index is -0.237. The summed E-state index contributed by atoms with van der Waals surface area (Å²) in [7, 11) is 0. The van der Waals surface area contributed by atoms with Gasteiger partial charge in [-0.05, 0) is 47.7 Å². The molecule has 0 aliphatic heterocycles. The summed E-state index contributed by atoms with van der Waals surface area (Å²) < 4.78 is 12.1. The van der Waals surface area contributed by atoms with Crippen molar-refractivity contribution in [2.24, 2.45) is 0 Å². The average Bonchev–Trinajstić information content (AvgIpc) is 2.65. The maximum Gasteiger partial charge on any atom is 0.256 e. The molecule has 0 fully saturated rings. The second kappa shape index (κ2) is 4.82. The maximum atomic E-state index is 5.69. The predicted molar refractivity (Wildman–Crippen MR) is 67.2 cm³/mol. The molecule has 5 heteroatoms. The summed E-state index contributed by atoms with van der Waals surface area (Å²) >= 11 is 2.24. The van der Waals surface area contributed by atoms with Crippen LogP contribution in [0.25, 0.3) is 0 Å². The van der Waals surface area contributed by atoms with Crippen molar-refractivity contribution >= 4 is 22.6 Å². The van der Waals surface area contributed by atoms with E-state index in [-0.39, 0.29) is 6.10 Å². The van der Waals surface area contributed by atoms with Gasteiger partial charge in [-0.3, -0.25) is 0 Å². The fourth-order valence-corrected chi connectivity index (χ4v) is 1.79. The molecular weight excluding hydrogens is 319 g/mol. The van der Waals surface area contributed by atoms with Gasteiger partial charge in [0.05, 0.1) is 0 Å². The molecule has 84 valence electrons. The Bertz CT molecular complexity index is 484. The van der Waals surface area contributed by atoms with Gasteiger partial charge >= 0.3 is 0 Å². The van der Waals surface area contributed by atoms with Crippen LogP contribution in [0.4, 0.5) is 0 Å². The minimum Gasteiger partial charge on any atom is -0.481 e. The quantitative estimate of drug-likeness (QED) is 0.812. The fraction of sp³-hybridized carbons (Fsp3) is 0.273. The van der Waals surface area contributed by atoms with E-state index >= 15 is 0 Å². The Balaban J connectivity index is 2.10. The minimum absolute atomic E-state index is 0.237. The monoisotopic (exact) mass is 330 g/mol. The second-order valence-corrected chi connectivity index (χ2v) is 4.62. The first-order valence-corrected chi connectivity index (χ1v) is 5.95. The van der Waals surface area contributed by atoms with Gasteiger partial charge in [-0.2, -0.15) is 0 Å². The predicted octanol–water partition coefficient (Wildman–Crippen LogP) is 3.12. The zero-order valence-corrected chi connectivity index (χ0v) is 11.1. The number of halogens is 1. The molecule has 2 rings (SSSR count). The van der Waals surface area contributed by atoms with Gasteiger partial charge in [0.25, 0.3) is 5.89 Å². The highest BCUT2D eigenvalue weighted by atomic mass is 127. The third-order valence-electron chi connectivity index (χ3n) is 2.00. The number of ether oxygens (including phenoxy) is 1. The number of rotatable bonds is 3. The van der Waals surface area contributed by atoms with Gasteiger partial charge in [0.2, 0.25) is 5.89 Å². The van der Waals surface area contributed by atoms with Crippen molar-refractivity contribution in [3.05, 3.63) is 39.6 Å². The van der Waals surface area contributed by atoms with Crippen molar-refractivity contribution in [2.45, 2.75) is 20.0 Å². The second-order valence-electron chi connectivity index (χ2n) is 3.38. The molecule has 0 spiro atoms. The first-order valence-electron chi connectivity index (χ1n) is 4.87. The van der Waals surface area contributed by atoms with Crippen LogP contribution in [0.5, 0.6) is 5.75 Å². The van der Waals surface area contributed by atoms with E-state index < -0.39 is 0 Å². The Hall–Kier alpha value is -1.11. The van der Waals surface area contributed by atoms with E-state index in [1.165, 1.54) is 0 Å². The Morgan fingerprint density at radius 3 is 2.81 bits per heavy atom. The number of hydrogen-bond acceptors (Lipinski definition) is 4. The van der Waals surface area contributed by atoms with Crippen molar-refractivity contribution in [3.63, 3.8) is 0 Å². The SMILES string of the molecule is Cc1nnc([C@H](C)Oc2cccc(I)c2)o1. The van der Waals surface area contributed by atoms with Crippen LogP contribution < -0.4 is 4.74 Å². The number of aromatic nitrogens is 2. The van der Waals surface area contributed by atoms with Crippen molar-refractivity contribution in [3.8, 4) is 5.75 Å². The Labute approximate surface area is 107 Å². The number of benzene rings is 1. The van der Waals surface area contributed by atoms with Crippen LogP contribution in [0.15, 0.2) is 28.7 Å². The van der Waals surface area contributed by atoms with E-state index in [9.17, 15) is 0 Å². The Morgan fingerprint density at radius 1 is 1.38 bits per heavy atom. The first-order chi connectivity index (χ1) is 7.65. The molecule has 0 aliphatic carbocycles. The summed E-state index contributed by atoms with van der Waals surface area (Å²) in [4.78, 5) is 0. The average molecular weight is 330 g/mol. The molecule has 0 radical (unpaired) electrons. The highest BCUT2D eigenvalue weighted by molar-refractivity contribution is 14.1. The van der Waals surface area contributed by atoms with E-state index in [1.54, 1.807) is 6.92 Å². The largest absolute Gasteiger partial charge is 0.481 e. The van der Waals surface area contributed by atoms with Gasteiger partial charge in [0, 0.05) is 10.5 Å². The lowest BCUT2D eigenvalue weighted by molar-refractivity contribution is 0.187. The van der Waals surface area contributed by atoms with Crippen LogP contribution in [0, 0.1) is 10.5 Å². The number of hydrogen-bond donors (Lipinski definition) is 0. The topological polar surface area (TPSA) is 48.2 Å². The molecule has 16 heavy (non-hydrogen) atoms. The molecule has 1 atom stereocenters. The zero-order valence-electron chi connectivity index (χ0n) is 8.98. The lowest BCUT2D eigenvalue weighted by atomic mass is 10.3. The van der Waals surface area contributed by atoms with Crippen LogP contribution in [-0.2, 0) is 0 Å². The molecule has 0 aliphatic rings. The molecule has 0 bridgehead atoms. The van der Waals surface area contributed by atoms with Gasteiger partial charge < -0.3 is 9.15 Å². The molecule has 0 amide bonds. The Morgan fingerprint density at radius 2 is 2.19 bits per heavy atom. The van der Waals surface area contributed by atoms with Gasteiger partial charge in [-0.1, -0.05) is 6.07 Å². The molecule has 1 heterocycles. The smallest absolute Gasteiger partial charge is 0.256 e. The highest BCUT2D eigenvalue weighted by Crippen LogP contribution is 2.22. The molecule has 1 aromatic carbocycles. The van der Waals surface area contributed by atoms with E-state index in [2.05, 4.69) is 32.8 Å². The highest BCUT2D eigenvalue weighted by Gasteiger charge is 2.14. The summed E-state index contributed by atoms with van der Waals surface area (Å²) in [5.74, 6) is 1.85. The van der Waals surface area contributed by atoms with Gasteiger partial charge in [-0.15, -0.1) is 10.2 Å². The zero-order chi connectivity index (χ0) is 11.5. The van der Waals surface area contributed by atoms with Gasteiger partial charge in [-0.25, -0.2) is 0 Å². The molecular formula is C11H11IN2O2. The van der Waals surface area contributed by atoms with Crippen molar-refractivity contribution in [1.29, 1.82) is 0 Å². The molecule has 0 saturated carbocycles. The molecule has 2 aromatic rings. The molecule has 0 unspecified atom stereocenters. The van der Waals surface area contributed by atoms with E-state index in [0.717, 1.165) is 9.32 Å². The standard InChI is InChI=1S/C11H11IN2O2/c1-7(11-14-13-8(2)16-11)15-10-5-3-4-9(12)6-10/h3-7H,1-2H3/t7-/m0/s1. The lowest BCUT2D eigenvalue weighted by Gasteiger charge is -2.10. The van der Waals surface area contributed by atoms with Crippen molar-refractivity contribution in [2.75, 3.05) is 0 Å². The van der Waals surface area contributed by atoms with Crippen LogP contribution in [0.3, 0.4) is 0 Å². The molecule has 1 aromatic heterocycles. The van der Waals surface area contributed by atoms with Crippen LogP contribution in [0.2, 0.25) is 0 Å². The fourth-order valence-electron chi connectivity index (χ4n) is 1.27. The molecule has 4 nitrogen and oxygen atoms in total. The van der Waals surface area contributed by atoms with Crippen LogP contribution in [-0.4, -0.2) is 10.2 Å². The van der Waals surface area contributed by atoms with E-state index in [1.807, 2.05) is 31.2 Å². The third-order valence-corrected chi connectivity index (χ3v) is 2.67. The normalized spacial score (nSPS) is 12.4. The first kappa shape index (κ1) is 11.4.